The second kappa shape index (κ2) is 10.0. The molecular formula is C27H32N2O3. The van der Waals surface area contributed by atoms with Crippen molar-refractivity contribution in [2.24, 2.45) is 0 Å². The quantitative estimate of drug-likeness (QED) is 0.549. The van der Waals surface area contributed by atoms with Gasteiger partial charge in [-0.1, -0.05) is 36.4 Å². The summed E-state index contributed by atoms with van der Waals surface area (Å²) in [6.45, 7) is 4.70. The Labute approximate surface area is 190 Å². The van der Waals surface area contributed by atoms with Gasteiger partial charge < -0.3 is 14.8 Å². The summed E-state index contributed by atoms with van der Waals surface area (Å²) in [4.78, 5) is 15.5. The molecule has 1 aliphatic heterocycles. The summed E-state index contributed by atoms with van der Waals surface area (Å²) in [5.74, 6) is 1.51. The standard InChI is InChI=1S/C27H32N2O3/c1-19(21-6-7-23-17-25(32-3)13-10-22(23)16-21)27(30)28-18-26(29-14-4-5-15-29)20-8-11-24(31-2)12-9-20/h6-13,16-17,19,26H,4-5,14-15,18H2,1-3H3,(H,28,30)/t19-,26-/m0/s1. The zero-order valence-electron chi connectivity index (χ0n) is 19.1. The fraction of sp³-hybridized carbons (Fsp3) is 0.370. The molecule has 4 rings (SSSR count). The van der Waals surface area contributed by atoms with Gasteiger partial charge in [-0.15, -0.1) is 0 Å². The van der Waals surface area contributed by atoms with Gasteiger partial charge in [-0.05, 0) is 79.0 Å². The summed E-state index contributed by atoms with van der Waals surface area (Å²) >= 11 is 0. The molecule has 5 nitrogen and oxygen atoms in total. The Hall–Kier alpha value is -3.05. The van der Waals surface area contributed by atoms with E-state index in [1.165, 1.54) is 18.4 Å². The Bertz CT molecular complexity index is 1060. The third kappa shape index (κ3) is 4.89. The van der Waals surface area contributed by atoms with Gasteiger partial charge in [0.1, 0.15) is 11.5 Å². The molecule has 0 aromatic heterocycles. The first-order chi connectivity index (χ1) is 15.6. The van der Waals surface area contributed by atoms with Gasteiger partial charge in [0.25, 0.3) is 0 Å². The van der Waals surface area contributed by atoms with Crippen LogP contribution in [0.15, 0.2) is 60.7 Å². The van der Waals surface area contributed by atoms with Crippen LogP contribution in [0.1, 0.15) is 42.9 Å². The lowest BCUT2D eigenvalue weighted by molar-refractivity contribution is -0.122. The monoisotopic (exact) mass is 432 g/mol. The smallest absolute Gasteiger partial charge is 0.227 e. The van der Waals surface area contributed by atoms with E-state index in [1.54, 1.807) is 14.2 Å². The third-order valence-electron chi connectivity index (χ3n) is 6.52. The van der Waals surface area contributed by atoms with Crippen LogP contribution in [0.3, 0.4) is 0 Å². The number of carbonyl (C=O) groups is 1. The first-order valence-electron chi connectivity index (χ1n) is 11.3. The number of hydrogen-bond acceptors (Lipinski definition) is 4. The maximum atomic E-state index is 13.1. The minimum atomic E-state index is -0.225. The SMILES string of the molecule is COc1ccc([C@H](CNC(=O)[C@@H](C)c2ccc3cc(OC)ccc3c2)N2CCCC2)cc1. The number of nitrogens with zero attached hydrogens (tertiary/aromatic N) is 1. The van der Waals surface area contributed by atoms with Crippen LogP contribution in [0, 0.1) is 0 Å². The summed E-state index contributed by atoms with van der Waals surface area (Å²) in [5, 5.41) is 5.43. The molecule has 1 fully saturated rings. The van der Waals surface area contributed by atoms with Gasteiger partial charge in [0.05, 0.1) is 26.2 Å². The predicted molar refractivity (Wildman–Crippen MR) is 128 cm³/mol. The summed E-state index contributed by atoms with van der Waals surface area (Å²) in [6.07, 6.45) is 2.41. The summed E-state index contributed by atoms with van der Waals surface area (Å²) < 4.78 is 10.6. The van der Waals surface area contributed by atoms with Crippen molar-refractivity contribution in [1.82, 2.24) is 10.2 Å². The zero-order valence-corrected chi connectivity index (χ0v) is 19.1. The highest BCUT2D eigenvalue weighted by Crippen LogP contribution is 2.28. The average molecular weight is 433 g/mol. The number of ether oxygens (including phenoxy) is 2. The van der Waals surface area contributed by atoms with Crippen LogP contribution in [0.2, 0.25) is 0 Å². The number of amides is 1. The van der Waals surface area contributed by atoms with Crippen LogP contribution in [-0.2, 0) is 4.79 Å². The molecule has 1 amide bonds. The van der Waals surface area contributed by atoms with Crippen LogP contribution < -0.4 is 14.8 Å². The first kappa shape index (κ1) is 22.2. The number of rotatable bonds is 8. The largest absolute Gasteiger partial charge is 0.497 e. The average Bonchev–Trinajstić information content (AvgIpc) is 3.38. The molecule has 0 unspecified atom stereocenters. The Balaban J connectivity index is 1.46. The maximum absolute atomic E-state index is 13.1. The fourth-order valence-corrected chi connectivity index (χ4v) is 4.48. The molecule has 1 saturated heterocycles. The second-order valence-electron chi connectivity index (χ2n) is 8.47. The van der Waals surface area contributed by atoms with Gasteiger partial charge in [0.2, 0.25) is 5.91 Å². The van der Waals surface area contributed by atoms with Gasteiger partial charge in [-0.2, -0.15) is 0 Å². The van der Waals surface area contributed by atoms with Crippen molar-refractivity contribution < 1.29 is 14.3 Å². The van der Waals surface area contributed by atoms with Crippen molar-refractivity contribution in [3.63, 3.8) is 0 Å². The highest BCUT2D eigenvalue weighted by molar-refractivity contribution is 5.88. The van der Waals surface area contributed by atoms with Gasteiger partial charge >= 0.3 is 0 Å². The Morgan fingerprint density at radius 3 is 2.16 bits per heavy atom. The molecule has 2 atom stereocenters. The molecule has 0 spiro atoms. The molecule has 1 heterocycles. The van der Waals surface area contributed by atoms with E-state index in [2.05, 4.69) is 34.5 Å². The van der Waals surface area contributed by atoms with Crippen molar-refractivity contribution in [3.05, 3.63) is 71.8 Å². The maximum Gasteiger partial charge on any atom is 0.227 e. The van der Waals surface area contributed by atoms with Crippen molar-refractivity contribution in [1.29, 1.82) is 0 Å². The highest BCUT2D eigenvalue weighted by atomic mass is 16.5. The van der Waals surface area contributed by atoms with E-state index in [-0.39, 0.29) is 17.9 Å². The van der Waals surface area contributed by atoms with Crippen molar-refractivity contribution in [2.45, 2.75) is 31.7 Å². The van der Waals surface area contributed by atoms with E-state index in [0.29, 0.717) is 6.54 Å². The minimum absolute atomic E-state index is 0.0515. The van der Waals surface area contributed by atoms with E-state index in [9.17, 15) is 4.79 Å². The van der Waals surface area contributed by atoms with Crippen LogP contribution in [0.5, 0.6) is 11.5 Å². The van der Waals surface area contributed by atoms with E-state index in [4.69, 9.17) is 9.47 Å². The number of methoxy groups -OCH3 is 2. The van der Waals surface area contributed by atoms with Gasteiger partial charge in [-0.3, -0.25) is 9.69 Å². The summed E-state index contributed by atoms with van der Waals surface area (Å²) in [6, 6.07) is 20.6. The molecule has 0 aliphatic carbocycles. The lowest BCUT2D eigenvalue weighted by Gasteiger charge is -2.29. The number of fused-ring (bicyclic) bond motifs is 1. The van der Waals surface area contributed by atoms with Crippen LogP contribution >= 0.6 is 0 Å². The number of hydrogen-bond donors (Lipinski definition) is 1. The molecule has 3 aromatic rings. The van der Waals surface area contributed by atoms with Gasteiger partial charge in [0, 0.05) is 6.54 Å². The van der Waals surface area contributed by atoms with Crippen LogP contribution in [0.25, 0.3) is 10.8 Å². The number of likely N-dealkylation sites (tertiary alicyclic amines) is 1. The summed E-state index contributed by atoms with van der Waals surface area (Å²) in [7, 11) is 3.35. The molecule has 168 valence electrons. The van der Waals surface area contributed by atoms with Crippen molar-refractivity contribution in [2.75, 3.05) is 33.9 Å². The molecule has 3 aromatic carbocycles. The number of nitrogens with one attached hydrogen (secondary N) is 1. The molecule has 5 heteroatoms. The predicted octanol–water partition coefficient (Wildman–Crippen LogP) is 4.91. The molecule has 1 N–H and O–H groups in total. The van der Waals surface area contributed by atoms with E-state index >= 15 is 0 Å². The van der Waals surface area contributed by atoms with Crippen LogP contribution in [0.4, 0.5) is 0 Å². The second-order valence-corrected chi connectivity index (χ2v) is 8.47. The van der Waals surface area contributed by atoms with Gasteiger partial charge in [-0.25, -0.2) is 0 Å². The number of benzene rings is 3. The van der Waals surface area contributed by atoms with Gasteiger partial charge in [0.15, 0.2) is 0 Å². The Morgan fingerprint density at radius 1 is 0.875 bits per heavy atom. The molecular weight excluding hydrogens is 400 g/mol. The van der Waals surface area contributed by atoms with E-state index in [1.807, 2.05) is 43.3 Å². The zero-order chi connectivity index (χ0) is 22.5. The molecule has 0 saturated carbocycles. The Morgan fingerprint density at radius 2 is 1.47 bits per heavy atom. The third-order valence-corrected chi connectivity index (χ3v) is 6.52. The molecule has 0 bridgehead atoms. The Kier molecular flexibility index (Phi) is 6.96. The molecule has 1 aliphatic rings. The fourth-order valence-electron chi connectivity index (χ4n) is 4.48. The topological polar surface area (TPSA) is 50.8 Å². The highest BCUT2D eigenvalue weighted by Gasteiger charge is 2.25. The van der Waals surface area contributed by atoms with Crippen molar-refractivity contribution >= 4 is 16.7 Å². The number of carbonyl (C=O) groups excluding carboxylic acids is 1. The lowest BCUT2D eigenvalue weighted by Crippen LogP contribution is -2.38. The summed E-state index contributed by atoms with van der Waals surface area (Å²) in [5.41, 5.74) is 2.22. The normalized spacial score (nSPS) is 16.0. The van der Waals surface area contributed by atoms with E-state index < -0.39 is 0 Å². The van der Waals surface area contributed by atoms with E-state index in [0.717, 1.165) is 40.9 Å². The molecule has 32 heavy (non-hydrogen) atoms. The lowest BCUT2D eigenvalue weighted by atomic mass is 9.96. The van der Waals surface area contributed by atoms with Crippen LogP contribution in [-0.4, -0.2) is 44.7 Å². The first-order valence-corrected chi connectivity index (χ1v) is 11.3. The minimum Gasteiger partial charge on any atom is -0.497 e. The van der Waals surface area contributed by atoms with Crippen molar-refractivity contribution in [3.8, 4) is 11.5 Å². The molecule has 0 radical (unpaired) electrons.